The van der Waals surface area contributed by atoms with Crippen molar-refractivity contribution in [3.63, 3.8) is 0 Å². The van der Waals surface area contributed by atoms with Crippen LogP contribution in [0.2, 0.25) is 0 Å². The molecule has 0 aromatic carbocycles. The fourth-order valence-electron chi connectivity index (χ4n) is 32.3. The zero-order chi connectivity index (χ0) is 39.8. The van der Waals surface area contributed by atoms with Crippen molar-refractivity contribution in [1.29, 1.82) is 0 Å². The van der Waals surface area contributed by atoms with Crippen molar-refractivity contribution in [3.8, 4) is 0 Å². The van der Waals surface area contributed by atoms with Crippen LogP contribution in [0.25, 0.3) is 0 Å². The van der Waals surface area contributed by atoms with Crippen molar-refractivity contribution in [2.75, 3.05) is 0 Å². The predicted octanol–water partition coefficient (Wildman–Crippen LogP) is 14.0. The summed E-state index contributed by atoms with van der Waals surface area (Å²) in [6.45, 7) is 0. The van der Waals surface area contributed by atoms with Gasteiger partial charge in [-0.1, -0.05) is 51.4 Å². The van der Waals surface area contributed by atoms with E-state index in [1.807, 2.05) is 0 Å². The summed E-state index contributed by atoms with van der Waals surface area (Å²) in [5, 5.41) is 0. The molecule has 22 aliphatic rings. The topological polar surface area (TPSA) is 0 Å². The third kappa shape index (κ3) is 3.22. The Balaban J connectivity index is 0.932. The van der Waals surface area contributed by atoms with E-state index in [1.165, 1.54) is 0 Å². The molecule has 0 N–H and O–H groups in total. The molecule has 64 heavy (non-hydrogen) atoms. The summed E-state index contributed by atoms with van der Waals surface area (Å²) >= 11 is 0. The van der Waals surface area contributed by atoms with Crippen molar-refractivity contribution in [2.45, 2.75) is 141 Å². The molecular formula is C64H78. The van der Waals surface area contributed by atoms with E-state index in [2.05, 4.69) is 44.6 Å². The third-order valence-corrected chi connectivity index (χ3v) is 31.4. The first-order valence-corrected chi connectivity index (χ1v) is 30.8. The predicted molar refractivity (Wildman–Crippen MR) is 248 cm³/mol. The standard InChI is InChI=1S/C64H78/c1-5-23-17-27-21-29-19-25-7-3-11-33-37-15-16-38-34-12-4-8-26-20-30-22-28-18-24-6-2-10-32-36-14-13-35-31(9-1)39(23)51-43(27)55-45(29)53(41(25)33)59-49(37)50(38)60-54(42(26)34)46(30)56-44(28)52(40(24)32)58-48(36)47(35)57(51)61(55)63(59)64(60)62(56)58/h23-46,49-56,59-60H,1-22H2/t23?,24?,25?,26?,27?,28?,29?,30?,31?,32?,33?,34?,35?,36?,37?,38?,39?,40?,41?,42?,43?,44?,45?,46?,49?,50?,51?,52?,53?,54?,55-,56?,59?,60?/m0/s1. The van der Waals surface area contributed by atoms with Crippen molar-refractivity contribution in [3.05, 3.63) is 44.6 Å². The molecule has 0 aliphatic heterocycles. The molecule has 0 spiro atoms. The number of allylic oxidation sites excluding steroid dienone is 8. The molecule has 0 amide bonds. The van der Waals surface area contributed by atoms with Crippen molar-refractivity contribution in [2.24, 2.45) is 201 Å². The Morgan fingerprint density at radius 3 is 0.938 bits per heavy atom. The van der Waals surface area contributed by atoms with Crippen LogP contribution in [0.1, 0.15) is 141 Å². The van der Waals surface area contributed by atoms with Gasteiger partial charge in [-0.15, -0.1) is 0 Å². The Kier molecular flexibility index (Phi) is 5.71. The molecule has 0 bridgehead atoms. The summed E-state index contributed by atoms with van der Waals surface area (Å²) in [7, 11) is 0. The molecule has 33 unspecified atom stereocenters. The second-order valence-corrected chi connectivity index (χ2v) is 31.0. The van der Waals surface area contributed by atoms with Crippen LogP contribution in [0.15, 0.2) is 44.6 Å². The van der Waals surface area contributed by atoms with Crippen LogP contribution >= 0.6 is 0 Å². The lowest BCUT2D eigenvalue weighted by Gasteiger charge is -2.76. The summed E-state index contributed by atoms with van der Waals surface area (Å²) in [5.41, 5.74) is 18.7. The van der Waals surface area contributed by atoms with Gasteiger partial charge >= 0.3 is 0 Å². The average Bonchev–Trinajstić information content (AvgIpc) is 3.88. The van der Waals surface area contributed by atoms with E-state index in [1.54, 1.807) is 141 Å². The van der Waals surface area contributed by atoms with E-state index < -0.39 is 0 Å². The lowest BCUT2D eigenvalue weighted by atomic mass is 9.28. The average molecular weight is 847 g/mol. The normalized spacial score (nSPS) is 70.1. The quantitative estimate of drug-likeness (QED) is 0.228. The zero-order valence-corrected chi connectivity index (χ0v) is 39.2. The summed E-state index contributed by atoms with van der Waals surface area (Å²) < 4.78 is 0. The summed E-state index contributed by atoms with van der Waals surface area (Å²) in [6.07, 6.45) is 36.5. The van der Waals surface area contributed by atoms with Gasteiger partial charge in [-0.05, 0) is 336 Å². The monoisotopic (exact) mass is 847 g/mol. The van der Waals surface area contributed by atoms with Crippen molar-refractivity contribution >= 4 is 0 Å². The van der Waals surface area contributed by atoms with E-state index in [9.17, 15) is 0 Å². The molecular weight excluding hydrogens is 769 g/mol. The Morgan fingerprint density at radius 1 is 0.188 bits per heavy atom. The van der Waals surface area contributed by atoms with Gasteiger partial charge in [-0.2, -0.15) is 0 Å². The van der Waals surface area contributed by atoms with E-state index in [0.717, 1.165) is 201 Å². The van der Waals surface area contributed by atoms with Crippen LogP contribution in [0.5, 0.6) is 0 Å². The molecule has 17 saturated carbocycles. The zero-order valence-electron chi connectivity index (χ0n) is 39.2. The largest absolute Gasteiger partial charge is 0.0527 e. The van der Waals surface area contributed by atoms with Crippen LogP contribution in [-0.2, 0) is 0 Å². The van der Waals surface area contributed by atoms with Crippen LogP contribution in [0, 0.1) is 201 Å². The van der Waals surface area contributed by atoms with Gasteiger partial charge in [0, 0.05) is 0 Å². The van der Waals surface area contributed by atoms with Crippen LogP contribution in [-0.4, -0.2) is 0 Å². The first-order chi connectivity index (χ1) is 31.8. The second-order valence-electron chi connectivity index (χ2n) is 31.0. The van der Waals surface area contributed by atoms with E-state index in [4.69, 9.17) is 0 Å². The minimum atomic E-state index is 0.960. The first-order valence-electron chi connectivity index (χ1n) is 30.8. The molecule has 0 nitrogen and oxygen atoms in total. The maximum absolute atomic E-state index is 2.38. The number of rotatable bonds is 0. The number of fused-ring (bicyclic) bond motifs is 4. The van der Waals surface area contributed by atoms with Gasteiger partial charge in [0.15, 0.2) is 0 Å². The van der Waals surface area contributed by atoms with Crippen LogP contribution in [0.3, 0.4) is 0 Å². The SMILES string of the molecule is C1CC2CC3CC4CC5CCCC6C7CCC8C9CCCC%10CC%11CC%12CC%13CCCC%14C%15CCC%16C%17=C%15C%15=C%18C%19=C%20C%21=C%17C(C2C%16C1)C3C%21C4C(C%20C7C8C%19C(C%109)C%11[C@@H]%18C%12C%15C%13%14)C56. The van der Waals surface area contributed by atoms with Crippen molar-refractivity contribution < 1.29 is 0 Å². The molecule has 0 heterocycles. The smallest absolute Gasteiger partial charge is 0.00852 e. The summed E-state index contributed by atoms with van der Waals surface area (Å²) in [5.74, 6) is 36.5. The molecule has 0 heteroatoms. The maximum atomic E-state index is 2.38. The van der Waals surface area contributed by atoms with Crippen LogP contribution < -0.4 is 0 Å². The molecule has 17 fully saturated rings. The Bertz CT molecular complexity index is 2290. The van der Waals surface area contributed by atoms with Gasteiger partial charge in [0.25, 0.3) is 0 Å². The van der Waals surface area contributed by atoms with E-state index in [0.29, 0.717) is 0 Å². The van der Waals surface area contributed by atoms with Gasteiger partial charge in [0.05, 0.1) is 0 Å². The summed E-state index contributed by atoms with van der Waals surface area (Å²) in [6, 6.07) is 0. The molecule has 334 valence electrons. The van der Waals surface area contributed by atoms with Gasteiger partial charge in [0.2, 0.25) is 0 Å². The molecule has 22 aliphatic carbocycles. The molecule has 0 radical (unpaired) electrons. The first kappa shape index (κ1) is 34.3. The van der Waals surface area contributed by atoms with Gasteiger partial charge < -0.3 is 0 Å². The van der Waals surface area contributed by atoms with Gasteiger partial charge in [0.1, 0.15) is 0 Å². The maximum Gasteiger partial charge on any atom is -0.00852 e. The fraction of sp³-hybridized carbons (Fsp3) is 0.875. The summed E-state index contributed by atoms with van der Waals surface area (Å²) in [4.78, 5) is 0. The Labute approximate surface area is 385 Å². The Morgan fingerprint density at radius 2 is 0.500 bits per heavy atom. The third-order valence-electron chi connectivity index (χ3n) is 31.4. The second kappa shape index (κ2) is 10.7. The highest BCUT2D eigenvalue weighted by atomic mass is 14.8. The van der Waals surface area contributed by atoms with E-state index in [-0.39, 0.29) is 0 Å². The Hall–Kier alpha value is -1.04. The number of hydrogen-bond donors (Lipinski definition) is 0. The molecule has 0 aromatic rings. The highest BCUT2D eigenvalue weighted by molar-refractivity contribution is 5.73. The van der Waals surface area contributed by atoms with Gasteiger partial charge in [-0.3, -0.25) is 0 Å². The molecule has 0 saturated heterocycles. The molecule has 0 aromatic heterocycles. The highest BCUT2D eigenvalue weighted by Crippen LogP contribution is 2.87. The molecule has 34 atom stereocenters. The van der Waals surface area contributed by atoms with E-state index >= 15 is 0 Å². The fourth-order valence-corrected chi connectivity index (χ4v) is 32.3. The molecule has 22 rings (SSSR count). The lowest BCUT2D eigenvalue weighted by Crippen LogP contribution is -2.71. The lowest BCUT2D eigenvalue weighted by molar-refractivity contribution is -0.242. The minimum absolute atomic E-state index is 0.960. The highest BCUT2D eigenvalue weighted by Gasteiger charge is 2.80. The van der Waals surface area contributed by atoms with Gasteiger partial charge in [-0.25, -0.2) is 0 Å². The number of hydrogen-bond acceptors (Lipinski definition) is 0. The minimum Gasteiger partial charge on any atom is -0.0527 e. The van der Waals surface area contributed by atoms with Crippen LogP contribution in [0.4, 0.5) is 0 Å². The van der Waals surface area contributed by atoms with Crippen molar-refractivity contribution in [1.82, 2.24) is 0 Å².